The van der Waals surface area contributed by atoms with E-state index in [1.807, 2.05) is 30.6 Å². The molecule has 298 valence electrons. The largest absolute Gasteiger partial charge is 0.460 e. The van der Waals surface area contributed by atoms with E-state index in [0.29, 0.717) is 58.1 Å². The maximum Gasteiger partial charge on any atom is 0.437 e. The second-order valence-electron chi connectivity index (χ2n) is 17.5. The minimum atomic E-state index is -0.794. The summed E-state index contributed by atoms with van der Waals surface area (Å²) in [6.07, 6.45) is 9.11. The molecule has 0 spiro atoms. The number of likely N-dealkylation sites (tertiary alicyclic amines) is 2. The van der Waals surface area contributed by atoms with Crippen LogP contribution in [-0.4, -0.2) is 119 Å². The van der Waals surface area contributed by atoms with Gasteiger partial charge in [-0.1, -0.05) is 26.2 Å². The molecule has 3 amide bonds. The van der Waals surface area contributed by atoms with Gasteiger partial charge < -0.3 is 28.7 Å². The van der Waals surface area contributed by atoms with Crippen LogP contribution in [0.3, 0.4) is 0 Å². The Morgan fingerprint density at radius 2 is 1.37 bits per heavy atom. The molecule has 3 fully saturated rings. The van der Waals surface area contributed by atoms with Crippen molar-refractivity contribution < 1.29 is 38.1 Å². The molecule has 1 N–H and O–H groups in total. The summed E-state index contributed by atoms with van der Waals surface area (Å²) in [6.45, 7) is 21.2. The molecule has 1 unspecified atom stereocenters. The number of piperidine rings is 2. The normalized spacial score (nSPS) is 20.8. The zero-order chi connectivity index (χ0) is 38.7. The van der Waals surface area contributed by atoms with E-state index in [2.05, 4.69) is 22.1 Å². The van der Waals surface area contributed by atoms with Gasteiger partial charge in [0.25, 0.3) is 0 Å². The van der Waals surface area contributed by atoms with E-state index >= 15 is 0 Å². The van der Waals surface area contributed by atoms with Crippen LogP contribution in [0.2, 0.25) is 0 Å². The van der Waals surface area contributed by atoms with Crippen molar-refractivity contribution in [2.45, 2.75) is 187 Å². The number of nitrogens with zero attached hydrogens (tertiary/aromatic N) is 4. The van der Waals surface area contributed by atoms with Gasteiger partial charge in [0.1, 0.15) is 22.8 Å². The van der Waals surface area contributed by atoms with Gasteiger partial charge in [-0.3, -0.25) is 19.8 Å². The SMILES string of the molecule is CCN(C1CCCCC1)[C@@H](CC(=O)OC(C)(C)C)C(=O)N1CCCCC1CCOC1CCN(C(=NC(=O)OC(C)(C)C)NC(=O)OC(C)(C)C)CC1. The number of alkyl carbamates (subject to hydrolysis) is 1. The zero-order valence-electron chi connectivity index (χ0n) is 33.9. The number of rotatable bonds is 10. The second kappa shape index (κ2) is 19.4. The number of hydrogen-bond donors (Lipinski definition) is 1. The lowest BCUT2D eigenvalue weighted by Crippen LogP contribution is -2.57. The first kappa shape index (κ1) is 43.5. The van der Waals surface area contributed by atoms with E-state index in [9.17, 15) is 19.2 Å². The van der Waals surface area contributed by atoms with Crippen LogP contribution in [-0.2, 0) is 28.5 Å². The Labute approximate surface area is 312 Å². The molecule has 1 saturated carbocycles. The quantitative estimate of drug-likeness (QED) is 0.110. The number of likely N-dealkylation sites (N-methyl/N-ethyl adjacent to an activating group) is 1. The molecule has 0 radical (unpaired) electrons. The summed E-state index contributed by atoms with van der Waals surface area (Å²) in [7, 11) is 0. The lowest BCUT2D eigenvalue weighted by molar-refractivity contribution is -0.160. The van der Waals surface area contributed by atoms with Crippen LogP contribution in [0, 0.1) is 0 Å². The number of hydrogen-bond acceptors (Lipinski definition) is 9. The van der Waals surface area contributed by atoms with Crippen LogP contribution in [0.15, 0.2) is 4.99 Å². The highest BCUT2D eigenvalue weighted by Crippen LogP contribution is 2.29. The van der Waals surface area contributed by atoms with E-state index in [1.165, 1.54) is 6.42 Å². The molecule has 1 aliphatic carbocycles. The van der Waals surface area contributed by atoms with Gasteiger partial charge in [0.05, 0.1) is 12.5 Å². The molecule has 0 aromatic rings. The van der Waals surface area contributed by atoms with Gasteiger partial charge in [0, 0.05) is 38.3 Å². The molecule has 0 aromatic heterocycles. The standard InChI is InChI=1S/C39H69N5O8/c1-11-43(28-17-13-12-14-18-28)31(27-32(45)50-37(2,3)4)33(46)44-23-16-15-19-29(44)22-26-49-30-20-24-42(25-21-30)34(40-35(47)51-38(5,6)7)41-36(48)52-39(8,9)10/h28-31H,11-27H2,1-10H3,(H,40,41,47,48)/t29?,31-/m0/s1. The average molecular weight is 736 g/mol. The van der Waals surface area contributed by atoms with Crippen molar-refractivity contribution in [1.82, 2.24) is 20.0 Å². The molecule has 2 saturated heterocycles. The molecule has 0 bridgehead atoms. The fourth-order valence-corrected chi connectivity index (χ4v) is 7.36. The van der Waals surface area contributed by atoms with E-state index in [-0.39, 0.29) is 36.4 Å². The number of esters is 1. The molecule has 13 heteroatoms. The summed E-state index contributed by atoms with van der Waals surface area (Å²) in [5.41, 5.74) is -2.07. The maximum atomic E-state index is 14.5. The van der Waals surface area contributed by atoms with Crippen molar-refractivity contribution >= 4 is 30.0 Å². The van der Waals surface area contributed by atoms with E-state index in [4.69, 9.17) is 18.9 Å². The molecule has 52 heavy (non-hydrogen) atoms. The summed E-state index contributed by atoms with van der Waals surface area (Å²) in [5.74, 6) is -0.205. The van der Waals surface area contributed by atoms with Crippen LogP contribution < -0.4 is 5.32 Å². The highest BCUT2D eigenvalue weighted by molar-refractivity contribution is 5.99. The van der Waals surface area contributed by atoms with E-state index in [0.717, 1.165) is 44.9 Å². The van der Waals surface area contributed by atoms with Gasteiger partial charge in [-0.05, 0) is 120 Å². The van der Waals surface area contributed by atoms with Gasteiger partial charge in [0.2, 0.25) is 11.9 Å². The first-order chi connectivity index (χ1) is 24.2. The van der Waals surface area contributed by atoms with E-state index in [1.54, 1.807) is 41.5 Å². The van der Waals surface area contributed by atoms with Crippen molar-refractivity contribution in [1.29, 1.82) is 0 Å². The number of nitrogens with one attached hydrogen (secondary N) is 1. The summed E-state index contributed by atoms with van der Waals surface area (Å²) in [4.78, 5) is 63.1. The topological polar surface area (TPSA) is 139 Å². The van der Waals surface area contributed by atoms with Crippen LogP contribution in [0.4, 0.5) is 9.59 Å². The van der Waals surface area contributed by atoms with Gasteiger partial charge in [-0.15, -0.1) is 4.99 Å². The molecular formula is C39H69N5O8. The first-order valence-electron chi connectivity index (χ1n) is 19.7. The predicted molar refractivity (Wildman–Crippen MR) is 201 cm³/mol. The number of carbonyl (C=O) groups is 4. The van der Waals surface area contributed by atoms with Crippen molar-refractivity contribution in [2.24, 2.45) is 4.99 Å². The van der Waals surface area contributed by atoms with Crippen LogP contribution in [0.25, 0.3) is 0 Å². The molecule has 2 atom stereocenters. The smallest absolute Gasteiger partial charge is 0.437 e. The summed E-state index contributed by atoms with van der Waals surface area (Å²) >= 11 is 0. The third-order valence-electron chi connectivity index (χ3n) is 9.53. The van der Waals surface area contributed by atoms with Crippen molar-refractivity contribution in [3.8, 4) is 0 Å². The Balaban J connectivity index is 1.63. The number of aliphatic imine (C=N–C) groups is 1. The monoisotopic (exact) mass is 736 g/mol. The van der Waals surface area contributed by atoms with Crippen LogP contribution in [0.1, 0.15) is 146 Å². The molecule has 13 nitrogen and oxygen atoms in total. The van der Waals surface area contributed by atoms with Gasteiger partial charge >= 0.3 is 18.2 Å². The molecule has 3 aliphatic rings. The summed E-state index contributed by atoms with van der Waals surface area (Å²) < 4.78 is 22.9. The maximum absolute atomic E-state index is 14.5. The molecule has 2 heterocycles. The van der Waals surface area contributed by atoms with Gasteiger partial charge in [-0.2, -0.15) is 0 Å². The minimum Gasteiger partial charge on any atom is -0.460 e. The molecule has 3 rings (SSSR count). The van der Waals surface area contributed by atoms with E-state index < -0.39 is 35.0 Å². The number of carbonyl (C=O) groups excluding carboxylic acids is 4. The average Bonchev–Trinajstić information content (AvgIpc) is 3.02. The van der Waals surface area contributed by atoms with Crippen molar-refractivity contribution in [2.75, 3.05) is 32.8 Å². The fourth-order valence-electron chi connectivity index (χ4n) is 7.36. The molecular weight excluding hydrogens is 666 g/mol. The second-order valence-corrected chi connectivity index (χ2v) is 17.5. The lowest BCUT2D eigenvalue weighted by atomic mass is 9.91. The minimum absolute atomic E-state index is 0.0184. The lowest BCUT2D eigenvalue weighted by Gasteiger charge is -2.43. The molecule has 2 aliphatic heterocycles. The third kappa shape index (κ3) is 15.2. The molecule has 0 aromatic carbocycles. The number of ether oxygens (including phenoxy) is 4. The Morgan fingerprint density at radius 3 is 1.94 bits per heavy atom. The van der Waals surface area contributed by atoms with Gasteiger partial charge in [-0.25, -0.2) is 9.59 Å². The Kier molecular flexibility index (Phi) is 16.2. The number of guanidine groups is 1. The summed E-state index contributed by atoms with van der Waals surface area (Å²) in [6, 6.07) is -0.209. The zero-order valence-corrected chi connectivity index (χ0v) is 33.9. The van der Waals surface area contributed by atoms with Crippen molar-refractivity contribution in [3.63, 3.8) is 0 Å². The fraction of sp³-hybridized carbons (Fsp3) is 0.872. The highest BCUT2D eigenvalue weighted by Gasteiger charge is 2.39. The summed E-state index contributed by atoms with van der Waals surface area (Å²) in [5, 5.41) is 2.64. The van der Waals surface area contributed by atoms with Crippen LogP contribution in [0.5, 0.6) is 0 Å². The highest BCUT2D eigenvalue weighted by atomic mass is 16.6. The van der Waals surface area contributed by atoms with Crippen LogP contribution >= 0.6 is 0 Å². The Morgan fingerprint density at radius 1 is 0.769 bits per heavy atom. The predicted octanol–water partition coefficient (Wildman–Crippen LogP) is 6.81. The Hall–Kier alpha value is -2.93. The van der Waals surface area contributed by atoms with Gasteiger partial charge in [0.15, 0.2) is 0 Å². The third-order valence-corrected chi connectivity index (χ3v) is 9.53. The van der Waals surface area contributed by atoms with Crippen molar-refractivity contribution in [3.05, 3.63) is 0 Å². The Bertz CT molecular complexity index is 1210. The number of amides is 3. The first-order valence-corrected chi connectivity index (χ1v) is 19.7.